The molecule has 7 rings (SSSR count). The molecule has 0 unspecified atom stereocenters. The van der Waals surface area contributed by atoms with Gasteiger partial charge in [-0.2, -0.15) is 0 Å². The number of nitrogens with zero attached hydrogens (tertiary/aromatic N) is 6. The van der Waals surface area contributed by atoms with Gasteiger partial charge in [-0.25, -0.2) is 14.4 Å². The van der Waals surface area contributed by atoms with E-state index in [0.717, 1.165) is 49.6 Å². The maximum atomic E-state index is 15.8. The van der Waals surface area contributed by atoms with Crippen LogP contribution < -0.4 is 5.32 Å². The maximum absolute atomic E-state index is 15.8. The van der Waals surface area contributed by atoms with Crippen molar-refractivity contribution in [1.82, 2.24) is 29.6 Å². The SMILES string of the molecule is Cn1cnnc1[C@@H](F)C1(c2cccc(NC(=O)c3cc(CN4CCC5(CC5)C4)nc(C4CC4)n3)c2)COC1. The number of amides is 1. The van der Waals surface area contributed by atoms with Gasteiger partial charge in [-0.1, -0.05) is 12.1 Å². The highest BCUT2D eigenvalue weighted by Gasteiger charge is 2.50. The summed E-state index contributed by atoms with van der Waals surface area (Å²) >= 11 is 0. The Morgan fingerprint density at radius 1 is 1.21 bits per heavy atom. The number of rotatable bonds is 8. The summed E-state index contributed by atoms with van der Waals surface area (Å²) in [4.78, 5) is 25.3. The van der Waals surface area contributed by atoms with Gasteiger partial charge in [0.15, 0.2) is 12.0 Å². The summed E-state index contributed by atoms with van der Waals surface area (Å²) in [6, 6.07) is 9.17. The van der Waals surface area contributed by atoms with Crippen molar-refractivity contribution in [3.8, 4) is 0 Å². The quantitative estimate of drug-likeness (QED) is 0.487. The molecule has 2 aliphatic heterocycles. The number of hydrogen-bond acceptors (Lipinski definition) is 7. The van der Waals surface area contributed by atoms with Crippen molar-refractivity contribution in [3.63, 3.8) is 0 Å². The molecule has 4 heterocycles. The Kier molecular flexibility index (Phi) is 5.59. The van der Waals surface area contributed by atoms with E-state index in [9.17, 15) is 4.79 Å². The van der Waals surface area contributed by atoms with Crippen LogP contribution in [0.2, 0.25) is 0 Å². The highest BCUT2D eigenvalue weighted by Crippen LogP contribution is 2.53. The third kappa shape index (κ3) is 4.29. The van der Waals surface area contributed by atoms with Crippen LogP contribution in [0, 0.1) is 5.41 Å². The number of carbonyl (C=O) groups excluding carboxylic acids is 1. The first-order valence-corrected chi connectivity index (χ1v) is 13.5. The fraction of sp³-hybridized carbons (Fsp3) is 0.536. The Bertz CT molecular complexity index is 1380. The number of ether oxygens (including phenoxy) is 1. The second kappa shape index (κ2) is 8.91. The van der Waals surface area contributed by atoms with Gasteiger partial charge in [0, 0.05) is 31.7 Å². The van der Waals surface area contributed by atoms with E-state index in [4.69, 9.17) is 9.72 Å². The van der Waals surface area contributed by atoms with E-state index >= 15 is 4.39 Å². The topological polar surface area (TPSA) is 98.1 Å². The molecular formula is C28H32FN7O2. The van der Waals surface area contributed by atoms with Crippen LogP contribution in [0.4, 0.5) is 10.1 Å². The molecular weight excluding hydrogens is 485 g/mol. The molecule has 4 aliphatic rings. The number of likely N-dealkylation sites (tertiary alicyclic amines) is 1. The number of anilines is 1. The summed E-state index contributed by atoms with van der Waals surface area (Å²) in [6.45, 7) is 3.43. The summed E-state index contributed by atoms with van der Waals surface area (Å²) in [5.41, 5.74) is 2.30. The van der Waals surface area contributed by atoms with Gasteiger partial charge in [-0.15, -0.1) is 10.2 Å². The van der Waals surface area contributed by atoms with Gasteiger partial charge in [0.1, 0.15) is 17.8 Å². The number of carbonyl (C=O) groups is 1. The standard InChI is InChI=1S/C28H32FN7O2/c1-35-17-30-34-25(35)23(29)28(15-38-16-28)19-3-2-4-20(11-19)32-26(37)22-12-21(31-24(33-22)18-5-6-18)13-36-10-9-27(14-36)7-8-27/h2-4,11-12,17-18,23H,5-10,13-16H2,1H3,(H,32,37)/t23-/m1/s1. The molecule has 1 atom stereocenters. The number of alkyl halides is 1. The molecule has 1 amide bonds. The first kappa shape index (κ1) is 23.8. The molecule has 2 saturated heterocycles. The zero-order chi connectivity index (χ0) is 25.9. The van der Waals surface area contributed by atoms with Crippen molar-refractivity contribution >= 4 is 11.6 Å². The molecule has 1 aromatic carbocycles. The van der Waals surface area contributed by atoms with Crippen molar-refractivity contribution < 1.29 is 13.9 Å². The van der Waals surface area contributed by atoms with E-state index in [1.807, 2.05) is 30.3 Å². The highest BCUT2D eigenvalue weighted by atomic mass is 19.1. The largest absolute Gasteiger partial charge is 0.379 e. The maximum Gasteiger partial charge on any atom is 0.274 e. The van der Waals surface area contributed by atoms with E-state index in [1.165, 1.54) is 25.6 Å². The van der Waals surface area contributed by atoms with Crippen LogP contribution >= 0.6 is 0 Å². The lowest BCUT2D eigenvalue weighted by Crippen LogP contribution is -2.50. The smallest absolute Gasteiger partial charge is 0.274 e. The Morgan fingerprint density at radius 3 is 2.71 bits per heavy atom. The first-order valence-electron chi connectivity index (χ1n) is 13.5. The average molecular weight is 518 g/mol. The number of aromatic nitrogens is 5. The van der Waals surface area contributed by atoms with Crippen LogP contribution in [-0.2, 0) is 23.7 Å². The summed E-state index contributed by atoms with van der Waals surface area (Å²) in [7, 11) is 1.73. The molecule has 9 nitrogen and oxygen atoms in total. The van der Waals surface area contributed by atoms with E-state index in [1.54, 1.807) is 11.6 Å². The first-order chi connectivity index (χ1) is 18.4. The van der Waals surface area contributed by atoms with Gasteiger partial charge in [-0.3, -0.25) is 9.69 Å². The lowest BCUT2D eigenvalue weighted by Gasteiger charge is -2.43. The Balaban J connectivity index is 1.11. The predicted octanol–water partition coefficient (Wildman–Crippen LogP) is 3.70. The second-order valence-electron chi connectivity index (χ2n) is 11.7. The minimum Gasteiger partial charge on any atom is -0.379 e. The Hall–Kier alpha value is -3.24. The van der Waals surface area contributed by atoms with Gasteiger partial charge >= 0.3 is 0 Å². The van der Waals surface area contributed by atoms with Crippen LogP contribution in [0.1, 0.15) is 77.6 Å². The van der Waals surface area contributed by atoms with Gasteiger partial charge in [-0.05, 0) is 67.8 Å². The molecule has 10 heteroatoms. The number of aryl methyl sites for hydroxylation is 1. The zero-order valence-electron chi connectivity index (χ0n) is 21.6. The molecule has 4 fully saturated rings. The van der Waals surface area contributed by atoms with Crippen molar-refractivity contribution in [2.75, 3.05) is 31.6 Å². The number of benzene rings is 1. The number of halogens is 1. The number of nitrogens with one attached hydrogen (secondary N) is 1. The van der Waals surface area contributed by atoms with Crippen LogP contribution in [0.3, 0.4) is 0 Å². The van der Waals surface area contributed by atoms with Crippen molar-refractivity contribution in [2.45, 2.75) is 56.2 Å². The molecule has 2 aromatic heterocycles. The highest BCUT2D eigenvalue weighted by molar-refractivity contribution is 6.03. The van der Waals surface area contributed by atoms with Gasteiger partial charge in [0.25, 0.3) is 5.91 Å². The van der Waals surface area contributed by atoms with Crippen LogP contribution in [0.5, 0.6) is 0 Å². The van der Waals surface area contributed by atoms with E-state index in [0.29, 0.717) is 22.7 Å². The lowest BCUT2D eigenvalue weighted by molar-refractivity contribution is -0.102. The van der Waals surface area contributed by atoms with Crippen molar-refractivity contribution in [2.24, 2.45) is 12.5 Å². The van der Waals surface area contributed by atoms with Gasteiger partial charge in [0.2, 0.25) is 0 Å². The molecule has 3 aromatic rings. The molecule has 1 spiro atoms. The van der Waals surface area contributed by atoms with Crippen LogP contribution in [-0.4, -0.2) is 61.8 Å². The van der Waals surface area contributed by atoms with Gasteiger partial charge < -0.3 is 14.6 Å². The van der Waals surface area contributed by atoms with Crippen LogP contribution in [0.25, 0.3) is 0 Å². The Labute approximate surface area is 220 Å². The van der Waals surface area contributed by atoms with E-state index < -0.39 is 11.6 Å². The normalized spacial score (nSPS) is 22.3. The minimum atomic E-state index is -1.39. The minimum absolute atomic E-state index is 0.232. The molecule has 2 saturated carbocycles. The molecule has 1 N–H and O–H groups in total. The average Bonchev–Trinajstić information content (AvgIpc) is 3.78. The summed E-state index contributed by atoms with van der Waals surface area (Å²) in [5.74, 6) is 1.10. The van der Waals surface area contributed by atoms with E-state index in [2.05, 4.69) is 25.4 Å². The molecule has 2 aliphatic carbocycles. The summed E-state index contributed by atoms with van der Waals surface area (Å²) < 4.78 is 22.8. The monoisotopic (exact) mass is 517 g/mol. The predicted molar refractivity (Wildman–Crippen MR) is 137 cm³/mol. The van der Waals surface area contributed by atoms with Crippen molar-refractivity contribution in [1.29, 1.82) is 0 Å². The summed E-state index contributed by atoms with van der Waals surface area (Å²) in [5, 5.41) is 10.8. The number of hydrogen-bond donors (Lipinski definition) is 1. The van der Waals surface area contributed by atoms with Gasteiger partial charge in [0.05, 0.1) is 24.3 Å². The van der Waals surface area contributed by atoms with E-state index in [-0.39, 0.29) is 24.9 Å². The van der Waals surface area contributed by atoms with Crippen LogP contribution in [0.15, 0.2) is 36.7 Å². The second-order valence-corrected chi connectivity index (χ2v) is 11.7. The van der Waals surface area contributed by atoms with Crippen molar-refractivity contribution in [3.05, 3.63) is 65.3 Å². The third-order valence-electron chi connectivity index (χ3n) is 8.70. The fourth-order valence-corrected chi connectivity index (χ4v) is 5.87. The molecule has 38 heavy (non-hydrogen) atoms. The molecule has 198 valence electrons. The fourth-order valence-electron chi connectivity index (χ4n) is 5.87. The summed E-state index contributed by atoms with van der Waals surface area (Å²) in [6.07, 6.45) is 6.18. The zero-order valence-corrected chi connectivity index (χ0v) is 21.6. The molecule has 0 bridgehead atoms. The Morgan fingerprint density at radius 2 is 2.05 bits per heavy atom. The third-order valence-corrected chi connectivity index (χ3v) is 8.70. The molecule has 0 radical (unpaired) electrons. The lowest BCUT2D eigenvalue weighted by atomic mass is 9.74.